The van der Waals surface area contributed by atoms with Crippen molar-refractivity contribution in [1.29, 1.82) is 0 Å². The lowest BCUT2D eigenvalue weighted by Crippen LogP contribution is -2.39. The van der Waals surface area contributed by atoms with E-state index < -0.39 is 0 Å². The molecule has 25 heavy (non-hydrogen) atoms. The second kappa shape index (κ2) is 6.68. The Balaban J connectivity index is 1.54. The first kappa shape index (κ1) is 15.8. The molecule has 1 aliphatic rings. The molecule has 0 bridgehead atoms. The molecule has 8 heteroatoms. The van der Waals surface area contributed by atoms with Crippen LogP contribution in [0, 0.1) is 0 Å². The van der Waals surface area contributed by atoms with Crippen molar-refractivity contribution in [2.24, 2.45) is 0 Å². The number of amides is 1. The van der Waals surface area contributed by atoms with Gasteiger partial charge in [-0.1, -0.05) is 11.6 Å². The number of rotatable bonds is 3. The first-order chi connectivity index (χ1) is 12.2. The number of halogens is 1. The summed E-state index contributed by atoms with van der Waals surface area (Å²) < 4.78 is 1.75. The van der Waals surface area contributed by atoms with Gasteiger partial charge in [-0.3, -0.25) is 14.5 Å². The Hall–Kier alpha value is -2.67. The van der Waals surface area contributed by atoms with Gasteiger partial charge < -0.3 is 4.90 Å². The van der Waals surface area contributed by atoms with Crippen LogP contribution in [-0.2, 0) is 0 Å². The average molecular weight is 357 g/mol. The van der Waals surface area contributed by atoms with E-state index in [0.29, 0.717) is 17.1 Å². The van der Waals surface area contributed by atoms with Crippen molar-refractivity contribution >= 4 is 17.5 Å². The molecule has 1 N–H and O–H groups in total. The summed E-state index contributed by atoms with van der Waals surface area (Å²) in [6.07, 6.45) is 6.94. The van der Waals surface area contributed by atoms with Gasteiger partial charge in [0.15, 0.2) is 0 Å². The number of carbonyl (C=O) groups is 1. The standard InChI is InChI=1S/C17H17ClN6O/c18-15-8-13(24-10-20-21-11-24)3-4-14(15)17(25)23-7-1-2-12(9-23)16-5-6-19-22-16/h3-6,8,10-12H,1-2,7,9H2,(H,19,22). The molecule has 1 saturated heterocycles. The van der Waals surface area contributed by atoms with Crippen LogP contribution in [0.4, 0.5) is 0 Å². The van der Waals surface area contributed by atoms with E-state index in [0.717, 1.165) is 30.8 Å². The molecule has 1 aromatic carbocycles. The molecule has 3 aromatic rings. The number of hydrogen-bond donors (Lipinski definition) is 1. The Morgan fingerprint density at radius 3 is 2.80 bits per heavy atom. The molecule has 1 amide bonds. The number of aromatic nitrogens is 5. The highest BCUT2D eigenvalue weighted by Crippen LogP contribution is 2.28. The summed E-state index contributed by atoms with van der Waals surface area (Å²) in [5.74, 6) is 0.250. The Bertz CT molecular complexity index is 861. The first-order valence-electron chi connectivity index (χ1n) is 8.15. The zero-order valence-corrected chi connectivity index (χ0v) is 14.2. The number of piperidine rings is 1. The molecule has 1 atom stereocenters. The van der Waals surface area contributed by atoms with Gasteiger partial charge in [0.2, 0.25) is 0 Å². The topological polar surface area (TPSA) is 79.7 Å². The third-order valence-corrected chi connectivity index (χ3v) is 4.88. The van der Waals surface area contributed by atoms with Crippen LogP contribution in [0.25, 0.3) is 5.69 Å². The fourth-order valence-corrected chi connectivity index (χ4v) is 3.51. The van der Waals surface area contributed by atoms with E-state index in [1.807, 2.05) is 17.0 Å². The molecule has 3 heterocycles. The third-order valence-electron chi connectivity index (χ3n) is 4.57. The van der Waals surface area contributed by atoms with Crippen molar-refractivity contribution in [1.82, 2.24) is 29.9 Å². The van der Waals surface area contributed by atoms with Crippen LogP contribution in [0.15, 0.2) is 43.1 Å². The van der Waals surface area contributed by atoms with E-state index >= 15 is 0 Å². The summed E-state index contributed by atoms with van der Waals surface area (Å²) in [4.78, 5) is 14.8. The van der Waals surface area contributed by atoms with Crippen LogP contribution in [0.5, 0.6) is 0 Å². The lowest BCUT2D eigenvalue weighted by Gasteiger charge is -2.32. The molecule has 0 aliphatic carbocycles. The molecular formula is C17H17ClN6O. The lowest BCUT2D eigenvalue weighted by molar-refractivity contribution is 0.0706. The number of nitrogens with one attached hydrogen (secondary N) is 1. The molecule has 2 aromatic heterocycles. The Morgan fingerprint density at radius 2 is 2.08 bits per heavy atom. The number of likely N-dealkylation sites (tertiary alicyclic amines) is 1. The number of benzene rings is 1. The number of carbonyl (C=O) groups excluding carboxylic acids is 1. The Morgan fingerprint density at radius 1 is 1.24 bits per heavy atom. The minimum atomic E-state index is -0.0375. The molecule has 7 nitrogen and oxygen atoms in total. The van der Waals surface area contributed by atoms with E-state index in [-0.39, 0.29) is 11.8 Å². The molecule has 128 valence electrons. The van der Waals surface area contributed by atoms with E-state index in [4.69, 9.17) is 11.6 Å². The van der Waals surface area contributed by atoms with Crippen LogP contribution in [0.1, 0.15) is 34.8 Å². The summed E-state index contributed by atoms with van der Waals surface area (Å²) in [5.41, 5.74) is 2.41. The summed E-state index contributed by atoms with van der Waals surface area (Å²) in [6.45, 7) is 1.41. The normalized spacial score (nSPS) is 17.6. The molecule has 1 fully saturated rings. The quantitative estimate of drug-likeness (QED) is 0.782. The van der Waals surface area contributed by atoms with Gasteiger partial charge >= 0.3 is 0 Å². The van der Waals surface area contributed by atoms with Crippen molar-refractivity contribution in [3.05, 3.63) is 59.4 Å². The van der Waals surface area contributed by atoms with E-state index in [1.54, 1.807) is 35.6 Å². The maximum Gasteiger partial charge on any atom is 0.255 e. The minimum absolute atomic E-state index is 0.0375. The highest BCUT2D eigenvalue weighted by molar-refractivity contribution is 6.34. The van der Waals surface area contributed by atoms with Crippen molar-refractivity contribution in [2.45, 2.75) is 18.8 Å². The monoisotopic (exact) mass is 356 g/mol. The van der Waals surface area contributed by atoms with Crippen molar-refractivity contribution in [3.8, 4) is 5.69 Å². The Kier molecular flexibility index (Phi) is 4.23. The second-order valence-corrected chi connectivity index (χ2v) is 6.54. The Labute approximate surface area is 149 Å². The number of hydrogen-bond acceptors (Lipinski definition) is 4. The number of nitrogens with zero attached hydrogens (tertiary/aromatic N) is 5. The largest absolute Gasteiger partial charge is 0.338 e. The van der Waals surface area contributed by atoms with Gasteiger partial charge in [-0.15, -0.1) is 10.2 Å². The van der Waals surface area contributed by atoms with Crippen molar-refractivity contribution in [2.75, 3.05) is 13.1 Å². The summed E-state index contributed by atoms with van der Waals surface area (Å²) >= 11 is 6.38. The average Bonchev–Trinajstić information content (AvgIpc) is 3.35. The predicted molar refractivity (Wildman–Crippen MR) is 92.8 cm³/mol. The fraction of sp³-hybridized carbons (Fsp3) is 0.294. The van der Waals surface area contributed by atoms with E-state index in [1.165, 1.54) is 0 Å². The van der Waals surface area contributed by atoms with Crippen LogP contribution in [0.2, 0.25) is 5.02 Å². The van der Waals surface area contributed by atoms with E-state index in [9.17, 15) is 4.79 Å². The van der Waals surface area contributed by atoms with Crippen LogP contribution >= 0.6 is 11.6 Å². The SMILES string of the molecule is O=C(c1ccc(-n2cnnc2)cc1Cl)N1CCCC(c2ccn[nH]2)C1. The van der Waals surface area contributed by atoms with Crippen LogP contribution in [0.3, 0.4) is 0 Å². The van der Waals surface area contributed by atoms with Gasteiger partial charge in [0.1, 0.15) is 12.7 Å². The number of aromatic amines is 1. The zero-order chi connectivity index (χ0) is 17.2. The molecular weight excluding hydrogens is 340 g/mol. The van der Waals surface area contributed by atoms with Crippen LogP contribution in [-0.4, -0.2) is 48.9 Å². The molecule has 0 radical (unpaired) electrons. The molecule has 1 unspecified atom stereocenters. The molecule has 1 aliphatic heterocycles. The molecule has 0 saturated carbocycles. The van der Waals surface area contributed by atoms with Gasteiger partial charge in [0.05, 0.1) is 10.6 Å². The summed E-state index contributed by atoms with van der Waals surface area (Å²) in [7, 11) is 0. The second-order valence-electron chi connectivity index (χ2n) is 6.14. The maximum atomic E-state index is 12.9. The highest BCUT2D eigenvalue weighted by atomic mass is 35.5. The smallest absolute Gasteiger partial charge is 0.255 e. The van der Waals surface area contributed by atoms with Crippen molar-refractivity contribution in [3.63, 3.8) is 0 Å². The van der Waals surface area contributed by atoms with E-state index in [2.05, 4.69) is 20.4 Å². The fourth-order valence-electron chi connectivity index (χ4n) is 3.25. The zero-order valence-electron chi connectivity index (χ0n) is 13.5. The van der Waals surface area contributed by atoms with Crippen molar-refractivity contribution < 1.29 is 4.79 Å². The summed E-state index contributed by atoms with van der Waals surface area (Å²) in [5, 5.41) is 15.0. The van der Waals surface area contributed by atoms with Gasteiger partial charge in [-0.05, 0) is 37.1 Å². The third kappa shape index (κ3) is 3.15. The van der Waals surface area contributed by atoms with Gasteiger partial charge in [-0.25, -0.2) is 0 Å². The highest BCUT2D eigenvalue weighted by Gasteiger charge is 2.27. The number of H-pyrrole nitrogens is 1. The minimum Gasteiger partial charge on any atom is -0.338 e. The maximum absolute atomic E-state index is 12.9. The van der Waals surface area contributed by atoms with Gasteiger partial charge in [0.25, 0.3) is 5.91 Å². The first-order valence-corrected chi connectivity index (χ1v) is 8.53. The van der Waals surface area contributed by atoms with Crippen LogP contribution < -0.4 is 0 Å². The molecule has 0 spiro atoms. The van der Waals surface area contributed by atoms with Gasteiger partial charge in [0, 0.05) is 36.6 Å². The lowest BCUT2D eigenvalue weighted by atomic mass is 9.94. The summed E-state index contributed by atoms with van der Waals surface area (Å²) in [6, 6.07) is 7.34. The van der Waals surface area contributed by atoms with Gasteiger partial charge in [-0.2, -0.15) is 5.10 Å². The predicted octanol–water partition coefficient (Wildman–Crippen LogP) is 2.66. The molecule has 4 rings (SSSR count).